The standard InChI is InChI=1S/C23H33ClN4O4S2/c24-21-9-8-19(33-21)10-15-34(31,32)25-20-7-5-13-27(23(20)30)17-22(29)28-14-4-6-18(28)16-26-11-2-1-3-12-26/h8-10,15,18,20,25H,1-7,11-14,16-17H2/t18-,20-/m0/s1. The Bertz CT molecular complexity index is 1010. The summed E-state index contributed by atoms with van der Waals surface area (Å²) in [6.45, 7) is 4.31. The van der Waals surface area contributed by atoms with Crippen molar-refractivity contribution in [1.82, 2.24) is 19.4 Å². The predicted octanol–water partition coefficient (Wildman–Crippen LogP) is 2.76. The first-order chi connectivity index (χ1) is 16.3. The van der Waals surface area contributed by atoms with Crippen molar-refractivity contribution in [2.75, 3.05) is 39.3 Å². The lowest BCUT2D eigenvalue weighted by Gasteiger charge is -2.36. The van der Waals surface area contributed by atoms with E-state index in [-0.39, 0.29) is 24.4 Å². The molecule has 8 nitrogen and oxygen atoms in total. The van der Waals surface area contributed by atoms with Crippen molar-refractivity contribution >= 4 is 50.9 Å². The van der Waals surface area contributed by atoms with E-state index >= 15 is 0 Å². The van der Waals surface area contributed by atoms with E-state index < -0.39 is 16.1 Å². The van der Waals surface area contributed by atoms with Gasteiger partial charge in [-0.2, -0.15) is 4.72 Å². The maximum Gasteiger partial charge on any atom is 0.242 e. The van der Waals surface area contributed by atoms with E-state index in [4.69, 9.17) is 11.6 Å². The quantitative estimate of drug-likeness (QED) is 0.560. The SMILES string of the molecule is O=C1[C@@H](NS(=O)(=O)C=Cc2ccc(Cl)s2)CCCN1CC(=O)N1CCC[C@H]1CN1CCCCC1. The van der Waals surface area contributed by atoms with Gasteiger partial charge in [-0.05, 0) is 69.8 Å². The van der Waals surface area contributed by atoms with E-state index in [1.807, 2.05) is 4.90 Å². The van der Waals surface area contributed by atoms with E-state index in [2.05, 4.69) is 9.62 Å². The summed E-state index contributed by atoms with van der Waals surface area (Å²) >= 11 is 7.15. The zero-order chi connectivity index (χ0) is 24.1. The predicted molar refractivity (Wildman–Crippen MR) is 135 cm³/mol. The maximum absolute atomic E-state index is 13.1. The van der Waals surface area contributed by atoms with E-state index in [1.165, 1.54) is 41.6 Å². The van der Waals surface area contributed by atoms with Gasteiger partial charge >= 0.3 is 0 Å². The molecule has 0 radical (unpaired) electrons. The average Bonchev–Trinajstić information content (AvgIpc) is 3.44. The number of hydrogen-bond acceptors (Lipinski definition) is 6. The molecule has 0 aromatic carbocycles. The number of nitrogens with zero attached hydrogens (tertiary/aromatic N) is 3. The number of sulfonamides is 1. The van der Waals surface area contributed by atoms with Crippen LogP contribution >= 0.6 is 22.9 Å². The van der Waals surface area contributed by atoms with Gasteiger partial charge in [-0.15, -0.1) is 11.3 Å². The Kier molecular flexibility index (Phi) is 8.68. The van der Waals surface area contributed by atoms with Crippen LogP contribution in [0.4, 0.5) is 0 Å². The van der Waals surface area contributed by atoms with Crippen LogP contribution in [0, 0.1) is 0 Å². The van der Waals surface area contributed by atoms with E-state index in [0.717, 1.165) is 44.4 Å². The molecule has 3 saturated heterocycles. The smallest absolute Gasteiger partial charge is 0.242 e. The molecule has 2 amide bonds. The molecule has 1 N–H and O–H groups in total. The van der Waals surface area contributed by atoms with E-state index in [9.17, 15) is 18.0 Å². The molecule has 4 rings (SSSR count). The van der Waals surface area contributed by atoms with Crippen LogP contribution in [0.3, 0.4) is 0 Å². The second-order valence-corrected chi connectivity index (χ2v) is 12.7. The molecule has 0 saturated carbocycles. The van der Waals surface area contributed by atoms with Crippen LogP contribution in [0.5, 0.6) is 0 Å². The van der Waals surface area contributed by atoms with E-state index in [1.54, 1.807) is 12.1 Å². The normalized spacial score (nSPS) is 24.9. The third-order valence-electron chi connectivity index (χ3n) is 6.78. The van der Waals surface area contributed by atoms with Crippen LogP contribution < -0.4 is 4.72 Å². The minimum atomic E-state index is -3.81. The molecule has 3 aliphatic heterocycles. The van der Waals surface area contributed by atoms with Crippen molar-refractivity contribution in [2.24, 2.45) is 0 Å². The van der Waals surface area contributed by atoms with Crippen molar-refractivity contribution in [1.29, 1.82) is 0 Å². The molecule has 1 aromatic heterocycles. The van der Waals surface area contributed by atoms with Crippen LogP contribution in [-0.4, -0.2) is 86.3 Å². The molecule has 3 fully saturated rings. The summed E-state index contributed by atoms with van der Waals surface area (Å²) in [6, 6.07) is 2.78. The summed E-state index contributed by atoms with van der Waals surface area (Å²) in [7, 11) is -3.81. The molecule has 1 aromatic rings. The number of likely N-dealkylation sites (tertiary alicyclic amines) is 3. The Balaban J connectivity index is 1.32. The zero-order valence-corrected chi connectivity index (χ0v) is 21.7. The summed E-state index contributed by atoms with van der Waals surface area (Å²) in [4.78, 5) is 32.7. The second kappa shape index (κ2) is 11.5. The number of piperidine rings is 2. The second-order valence-electron chi connectivity index (χ2n) is 9.31. The maximum atomic E-state index is 13.1. The molecule has 0 spiro atoms. The first-order valence-electron chi connectivity index (χ1n) is 12.1. The molecule has 188 valence electrons. The molecule has 0 unspecified atom stereocenters. The lowest BCUT2D eigenvalue weighted by Crippen LogP contribution is -2.55. The fraction of sp³-hybridized carbons (Fsp3) is 0.652. The molecule has 11 heteroatoms. The van der Waals surface area contributed by atoms with Crippen molar-refractivity contribution < 1.29 is 18.0 Å². The highest BCUT2D eigenvalue weighted by atomic mass is 35.5. The summed E-state index contributed by atoms with van der Waals surface area (Å²) in [5, 5.41) is 1.06. The van der Waals surface area contributed by atoms with Crippen LogP contribution in [-0.2, 0) is 19.6 Å². The Morgan fingerprint density at radius 3 is 2.59 bits per heavy atom. The monoisotopic (exact) mass is 528 g/mol. The first kappa shape index (κ1) is 25.6. The molecule has 2 atom stereocenters. The van der Waals surface area contributed by atoms with Gasteiger partial charge in [-0.25, -0.2) is 8.42 Å². The van der Waals surface area contributed by atoms with Gasteiger partial charge in [0.2, 0.25) is 21.8 Å². The highest BCUT2D eigenvalue weighted by Gasteiger charge is 2.35. The first-order valence-corrected chi connectivity index (χ1v) is 14.8. The van der Waals surface area contributed by atoms with Gasteiger partial charge in [-0.1, -0.05) is 18.0 Å². The van der Waals surface area contributed by atoms with Crippen LogP contribution in [0.15, 0.2) is 17.5 Å². The lowest BCUT2D eigenvalue weighted by molar-refractivity contribution is -0.143. The number of amides is 2. The molecular formula is C23H33ClN4O4S2. The number of hydrogen-bond donors (Lipinski definition) is 1. The highest BCUT2D eigenvalue weighted by Crippen LogP contribution is 2.23. The number of thiophene rings is 1. The number of halogens is 1. The minimum Gasteiger partial charge on any atom is -0.337 e. The topological polar surface area (TPSA) is 90.0 Å². The average molecular weight is 529 g/mol. The van der Waals surface area contributed by atoms with Gasteiger partial charge in [0.05, 0.1) is 10.9 Å². The largest absolute Gasteiger partial charge is 0.337 e. The van der Waals surface area contributed by atoms with Crippen molar-refractivity contribution in [3.63, 3.8) is 0 Å². The number of carbonyl (C=O) groups is 2. The molecule has 0 aliphatic carbocycles. The van der Waals surface area contributed by atoms with E-state index in [0.29, 0.717) is 28.6 Å². The fourth-order valence-corrected chi connectivity index (χ4v) is 7.14. The summed E-state index contributed by atoms with van der Waals surface area (Å²) < 4.78 is 28.1. The summed E-state index contributed by atoms with van der Waals surface area (Å²) in [6.07, 6.45) is 8.24. The number of carbonyl (C=O) groups excluding carboxylic acids is 2. The Morgan fingerprint density at radius 2 is 1.85 bits per heavy atom. The lowest BCUT2D eigenvalue weighted by atomic mass is 10.1. The van der Waals surface area contributed by atoms with Gasteiger partial charge in [0, 0.05) is 36.0 Å². The molecule has 3 aliphatic rings. The Labute approximate surface area is 211 Å². The van der Waals surface area contributed by atoms with Crippen molar-refractivity contribution in [3.05, 3.63) is 26.8 Å². The minimum absolute atomic E-state index is 0.0110. The zero-order valence-electron chi connectivity index (χ0n) is 19.3. The summed E-state index contributed by atoms with van der Waals surface area (Å²) in [5.74, 6) is -0.367. The summed E-state index contributed by atoms with van der Waals surface area (Å²) in [5.41, 5.74) is 0. The number of rotatable bonds is 8. The Hall–Kier alpha value is -1.46. The molecule has 0 bridgehead atoms. The highest BCUT2D eigenvalue weighted by molar-refractivity contribution is 7.92. The van der Waals surface area contributed by atoms with Crippen molar-refractivity contribution in [2.45, 2.75) is 57.0 Å². The molecule has 34 heavy (non-hydrogen) atoms. The number of nitrogens with one attached hydrogen (secondary N) is 1. The van der Waals surface area contributed by atoms with Crippen LogP contribution in [0.1, 0.15) is 49.8 Å². The molecular weight excluding hydrogens is 496 g/mol. The third kappa shape index (κ3) is 6.81. The third-order valence-corrected chi connectivity index (χ3v) is 9.09. The Morgan fingerprint density at radius 1 is 1.09 bits per heavy atom. The fourth-order valence-electron chi connectivity index (χ4n) is 5.07. The van der Waals surface area contributed by atoms with Crippen LogP contribution in [0.25, 0.3) is 6.08 Å². The van der Waals surface area contributed by atoms with Gasteiger partial charge in [0.1, 0.15) is 6.04 Å². The van der Waals surface area contributed by atoms with Gasteiger partial charge < -0.3 is 14.7 Å². The molecule has 4 heterocycles. The van der Waals surface area contributed by atoms with Gasteiger partial charge in [0.25, 0.3) is 0 Å². The van der Waals surface area contributed by atoms with Crippen molar-refractivity contribution in [3.8, 4) is 0 Å². The van der Waals surface area contributed by atoms with Crippen LogP contribution in [0.2, 0.25) is 4.34 Å². The van der Waals surface area contributed by atoms with Gasteiger partial charge in [-0.3, -0.25) is 9.59 Å². The van der Waals surface area contributed by atoms with Gasteiger partial charge in [0.15, 0.2) is 0 Å².